The van der Waals surface area contributed by atoms with Crippen LogP contribution < -0.4 is 0 Å². The normalized spacial score (nSPS) is 9.70. The maximum absolute atomic E-state index is 9.93. The Morgan fingerprint density at radius 2 is 1.60 bits per heavy atom. The van der Waals surface area contributed by atoms with Gasteiger partial charge in [-0.05, 0) is 18.4 Å². The molecular weight excluding hydrogens is 316 g/mol. The van der Waals surface area contributed by atoms with Crippen molar-refractivity contribution in [2.45, 2.75) is 51.6 Å². The molecule has 0 heterocycles. The second kappa shape index (κ2) is 16.4. The van der Waals surface area contributed by atoms with E-state index in [2.05, 4.69) is 15.9 Å². The van der Waals surface area contributed by atoms with Gasteiger partial charge in [-0.15, -0.1) is 0 Å². The van der Waals surface area contributed by atoms with E-state index in [-0.39, 0.29) is 0 Å². The van der Waals surface area contributed by atoms with Gasteiger partial charge >= 0.3 is 0 Å². The first-order valence-corrected chi connectivity index (χ1v) is 8.49. The van der Waals surface area contributed by atoms with Crippen LogP contribution in [0.25, 0.3) is 0 Å². The lowest BCUT2D eigenvalue weighted by atomic mass is 10.1. The standard InChI is InChI=1S/C9H17BrO.C8H10O/c10-8-6-4-2-1-3-5-7-9-11;1-9-7-8-5-3-2-4-6-8/h9H,1-8H2;2-6H,7H2,1H3. The number of benzene rings is 1. The van der Waals surface area contributed by atoms with E-state index in [1.54, 1.807) is 7.11 Å². The van der Waals surface area contributed by atoms with Crippen molar-refractivity contribution >= 4 is 22.2 Å². The molecule has 20 heavy (non-hydrogen) atoms. The highest BCUT2D eigenvalue weighted by molar-refractivity contribution is 9.09. The first-order valence-electron chi connectivity index (χ1n) is 7.37. The zero-order valence-corrected chi connectivity index (χ0v) is 14.1. The molecule has 0 saturated carbocycles. The van der Waals surface area contributed by atoms with Crippen LogP contribution in [0, 0.1) is 0 Å². The molecule has 0 N–H and O–H groups in total. The predicted molar refractivity (Wildman–Crippen MR) is 89.3 cm³/mol. The molecule has 0 radical (unpaired) electrons. The summed E-state index contributed by atoms with van der Waals surface area (Å²) in [5, 5.41) is 1.13. The molecule has 0 fully saturated rings. The summed E-state index contributed by atoms with van der Waals surface area (Å²) in [6, 6.07) is 10.1. The number of hydrogen-bond donors (Lipinski definition) is 0. The molecule has 3 heteroatoms. The van der Waals surface area contributed by atoms with Crippen LogP contribution in [-0.2, 0) is 16.1 Å². The quantitative estimate of drug-likeness (QED) is 0.334. The van der Waals surface area contributed by atoms with E-state index in [9.17, 15) is 4.79 Å². The Bertz CT molecular complexity index is 301. The summed E-state index contributed by atoms with van der Waals surface area (Å²) in [5.41, 5.74) is 1.22. The lowest BCUT2D eigenvalue weighted by Crippen LogP contribution is -1.84. The highest BCUT2D eigenvalue weighted by atomic mass is 79.9. The molecule has 0 unspecified atom stereocenters. The molecule has 0 spiro atoms. The van der Waals surface area contributed by atoms with Gasteiger partial charge in [0.25, 0.3) is 0 Å². The second-order valence-corrected chi connectivity index (χ2v) is 5.48. The molecule has 0 aliphatic carbocycles. The van der Waals surface area contributed by atoms with Crippen molar-refractivity contribution in [3.63, 3.8) is 0 Å². The minimum atomic E-state index is 0.709. The Balaban J connectivity index is 0.000000367. The molecule has 0 amide bonds. The van der Waals surface area contributed by atoms with E-state index in [1.165, 1.54) is 37.7 Å². The fourth-order valence-corrected chi connectivity index (χ4v) is 2.17. The molecule has 0 aliphatic rings. The van der Waals surface area contributed by atoms with E-state index < -0.39 is 0 Å². The SMILES string of the molecule is COCc1ccccc1.O=CCCCCCCCCBr. The van der Waals surface area contributed by atoms with Crippen molar-refractivity contribution in [2.75, 3.05) is 12.4 Å². The lowest BCUT2D eigenvalue weighted by Gasteiger charge is -1.97. The Hall–Kier alpha value is -0.670. The predicted octanol–water partition coefficient (Wildman–Crippen LogP) is 5.14. The molecule has 2 nitrogen and oxygen atoms in total. The van der Waals surface area contributed by atoms with Gasteiger partial charge in [0.05, 0.1) is 6.61 Å². The lowest BCUT2D eigenvalue weighted by molar-refractivity contribution is -0.107. The van der Waals surface area contributed by atoms with Gasteiger partial charge in [-0.1, -0.05) is 71.9 Å². The van der Waals surface area contributed by atoms with Crippen molar-refractivity contribution in [3.8, 4) is 0 Å². The van der Waals surface area contributed by atoms with Crippen molar-refractivity contribution in [3.05, 3.63) is 35.9 Å². The van der Waals surface area contributed by atoms with E-state index in [0.717, 1.165) is 24.5 Å². The van der Waals surface area contributed by atoms with E-state index in [0.29, 0.717) is 6.61 Å². The summed E-state index contributed by atoms with van der Waals surface area (Å²) in [6.45, 7) is 0.709. The summed E-state index contributed by atoms with van der Waals surface area (Å²) in [6.07, 6.45) is 9.29. The summed E-state index contributed by atoms with van der Waals surface area (Å²) in [5.74, 6) is 0. The number of carbonyl (C=O) groups excluding carboxylic acids is 1. The van der Waals surface area contributed by atoms with Gasteiger partial charge in [0, 0.05) is 18.9 Å². The molecule has 114 valence electrons. The van der Waals surface area contributed by atoms with Gasteiger partial charge in [0.1, 0.15) is 6.29 Å². The molecular formula is C17H27BrO2. The zero-order chi connectivity index (χ0) is 14.9. The number of aldehydes is 1. The van der Waals surface area contributed by atoms with E-state index >= 15 is 0 Å². The Labute approximate surface area is 132 Å². The molecule has 0 atom stereocenters. The average molecular weight is 343 g/mol. The first kappa shape index (κ1) is 19.3. The van der Waals surface area contributed by atoms with Crippen molar-refractivity contribution < 1.29 is 9.53 Å². The van der Waals surface area contributed by atoms with Crippen LogP contribution in [-0.4, -0.2) is 18.7 Å². The highest BCUT2D eigenvalue weighted by Crippen LogP contribution is 2.07. The first-order chi connectivity index (χ1) is 9.85. The number of halogens is 1. The summed E-state index contributed by atoms with van der Waals surface area (Å²) in [7, 11) is 1.70. The summed E-state index contributed by atoms with van der Waals surface area (Å²) < 4.78 is 4.93. The summed E-state index contributed by atoms with van der Waals surface area (Å²) in [4.78, 5) is 9.93. The fraction of sp³-hybridized carbons (Fsp3) is 0.588. The largest absolute Gasteiger partial charge is 0.380 e. The van der Waals surface area contributed by atoms with Crippen LogP contribution in [0.4, 0.5) is 0 Å². The van der Waals surface area contributed by atoms with Crippen LogP contribution in [0.2, 0.25) is 0 Å². The van der Waals surface area contributed by atoms with Gasteiger partial charge in [-0.2, -0.15) is 0 Å². The smallest absolute Gasteiger partial charge is 0.119 e. The minimum absolute atomic E-state index is 0.709. The maximum Gasteiger partial charge on any atom is 0.119 e. The molecule has 1 aromatic rings. The van der Waals surface area contributed by atoms with Crippen LogP contribution in [0.1, 0.15) is 50.5 Å². The number of unbranched alkanes of at least 4 members (excludes halogenated alkanes) is 6. The van der Waals surface area contributed by atoms with Gasteiger partial charge in [0.15, 0.2) is 0 Å². The van der Waals surface area contributed by atoms with E-state index in [4.69, 9.17) is 4.74 Å². The minimum Gasteiger partial charge on any atom is -0.380 e. The van der Waals surface area contributed by atoms with E-state index in [1.807, 2.05) is 30.3 Å². The monoisotopic (exact) mass is 342 g/mol. The van der Waals surface area contributed by atoms with Crippen molar-refractivity contribution in [1.29, 1.82) is 0 Å². The molecule has 0 saturated heterocycles. The van der Waals surface area contributed by atoms with Crippen LogP contribution >= 0.6 is 15.9 Å². The fourth-order valence-electron chi connectivity index (χ4n) is 1.77. The zero-order valence-electron chi connectivity index (χ0n) is 12.5. The number of ether oxygens (including phenoxy) is 1. The van der Waals surface area contributed by atoms with Gasteiger partial charge in [0.2, 0.25) is 0 Å². The van der Waals surface area contributed by atoms with Crippen molar-refractivity contribution in [2.24, 2.45) is 0 Å². The van der Waals surface area contributed by atoms with Crippen LogP contribution in [0.3, 0.4) is 0 Å². The summed E-state index contributed by atoms with van der Waals surface area (Å²) >= 11 is 3.40. The second-order valence-electron chi connectivity index (χ2n) is 4.68. The molecule has 0 bridgehead atoms. The number of carbonyl (C=O) groups is 1. The molecule has 0 aliphatic heterocycles. The number of alkyl halides is 1. The van der Waals surface area contributed by atoms with Gasteiger partial charge in [-0.25, -0.2) is 0 Å². The highest BCUT2D eigenvalue weighted by Gasteiger charge is 1.89. The average Bonchev–Trinajstić information content (AvgIpc) is 2.49. The third-order valence-electron chi connectivity index (χ3n) is 2.86. The molecule has 1 aromatic carbocycles. The maximum atomic E-state index is 9.93. The number of methoxy groups -OCH3 is 1. The number of hydrogen-bond acceptors (Lipinski definition) is 2. The molecule has 0 aromatic heterocycles. The Morgan fingerprint density at radius 3 is 2.15 bits per heavy atom. The van der Waals surface area contributed by atoms with Crippen molar-refractivity contribution in [1.82, 2.24) is 0 Å². The van der Waals surface area contributed by atoms with Gasteiger partial charge < -0.3 is 9.53 Å². The topological polar surface area (TPSA) is 26.3 Å². The number of rotatable bonds is 10. The Morgan fingerprint density at radius 1 is 1.00 bits per heavy atom. The Kier molecular flexibility index (Phi) is 15.8. The van der Waals surface area contributed by atoms with Crippen LogP contribution in [0.15, 0.2) is 30.3 Å². The van der Waals surface area contributed by atoms with Crippen LogP contribution in [0.5, 0.6) is 0 Å². The molecule has 1 rings (SSSR count). The van der Waals surface area contributed by atoms with Gasteiger partial charge in [-0.3, -0.25) is 0 Å². The third kappa shape index (κ3) is 13.8. The third-order valence-corrected chi connectivity index (χ3v) is 3.42.